The van der Waals surface area contributed by atoms with E-state index in [0.29, 0.717) is 23.8 Å². The molecule has 0 aliphatic carbocycles. The second-order valence-corrected chi connectivity index (χ2v) is 8.77. The molecule has 3 aromatic rings. The van der Waals surface area contributed by atoms with Gasteiger partial charge in [-0.3, -0.25) is 9.59 Å². The molecule has 0 radical (unpaired) electrons. The van der Waals surface area contributed by atoms with E-state index >= 15 is 0 Å². The number of aromatic nitrogens is 1. The Hall–Kier alpha value is -2.77. The first-order chi connectivity index (χ1) is 13.8. The van der Waals surface area contributed by atoms with Crippen LogP contribution in [0.5, 0.6) is 0 Å². The monoisotopic (exact) mass is 411 g/mol. The molecule has 0 bridgehead atoms. The SMILES string of the molecule is COCCNC(=O)c1cccc(-c2ccc3sc(NC(=O)C(C)(C)C)nc3c2)c1. The van der Waals surface area contributed by atoms with Crippen molar-refractivity contribution in [1.82, 2.24) is 10.3 Å². The van der Waals surface area contributed by atoms with Gasteiger partial charge in [0.05, 0.1) is 16.8 Å². The minimum absolute atomic E-state index is 0.0658. The summed E-state index contributed by atoms with van der Waals surface area (Å²) in [4.78, 5) is 29.0. The molecule has 0 fully saturated rings. The Morgan fingerprint density at radius 2 is 1.86 bits per heavy atom. The topological polar surface area (TPSA) is 80.3 Å². The van der Waals surface area contributed by atoms with Crippen LogP contribution in [0.25, 0.3) is 21.3 Å². The molecule has 7 heteroatoms. The summed E-state index contributed by atoms with van der Waals surface area (Å²) in [6.45, 7) is 6.54. The lowest BCUT2D eigenvalue weighted by Crippen LogP contribution is -2.27. The van der Waals surface area contributed by atoms with Gasteiger partial charge in [-0.05, 0) is 35.4 Å². The Morgan fingerprint density at radius 3 is 2.59 bits per heavy atom. The second-order valence-electron chi connectivity index (χ2n) is 7.74. The van der Waals surface area contributed by atoms with Gasteiger partial charge in [-0.1, -0.05) is 50.3 Å². The lowest BCUT2D eigenvalue weighted by atomic mass is 9.96. The van der Waals surface area contributed by atoms with Gasteiger partial charge in [-0.25, -0.2) is 4.98 Å². The zero-order valence-corrected chi connectivity index (χ0v) is 17.9. The minimum Gasteiger partial charge on any atom is -0.383 e. The van der Waals surface area contributed by atoms with Gasteiger partial charge in [-0.2, -0.15) is 0 Å². The molecule has 0 unspecified atom stereocenters. The summed E-state index contributed by atoms with van der Waals surface area (Å²) in [6.07, 6.45) is 0. The number of amides is 2. The number of nitrogens with zero attached hydrogens (tertiary/aromatic N) is 1. The molecule has 152 valence electrons. The summed E-state index contributed by atoms with van der Waals surface area (Å²) < 4.78 is 5.95. The quantitative estimate of drug-likeness (QED) is 0.592. The van der Waals surface area contributed by atoms with E-state index < -0.39 is 5.41 Å². The van der Waals surface area contributed by atoms with Crippen molar-refractivity contribution >= 4 is 38.5 Å². The van der Waals surface area contributed by atoms with Crippen LogP contribution in [0, 0.1) is 5.41 Å². The van der Waals surface area contributed by atoms with Crippen molar-refractivity contribution in [2.45, 2.75) is 20.8 Å². The predicted octanol–water partition coefficient (Wildman–Crippen LogP) is 4.32. The molecule has 0 saturated carbocycles. The summed E-state index contributed by atoms with van der Waals surface area (Å²) in [6, 6.07) is 13.4. The Morgan fingerprint density at radius 1 is 1.10 bits per heavy atom. The molecule has 6 nitrogen and oxygen atoms in total. The number of rotatable bonds is 6. The van der Waals surface area contributed by atoms with Crippen LogP contribution in [0.1, 0.15) is 31.1 Å². The second kappa shape index (κ2) is 8.71. The number of ether oxygens (including phenoxy) is 1. The van der Waals surface area contributed by atoms with E-state index in [9.17, 15) is 9.59 Å². The number of benzene rings is 2. The highest BCUT2D eigenvalue weighted by atomic mass is 32.1. The normalized spacial score (nSPS) is 11.4. The highest BCUT2D eigenvalue weighted by molar-refractivity contribution is 7.22. The Labute approximate surface area is 174 Å². The number of hydrogen-bond acceptors (Lipinski definition) is 5. The smallest absolute Gasteiger partial charge is 0.251 e. The average Bonchev–Trinajstić information content (AvgIpc) is 3.09. The number of methoxy groups -OCH3 is 1. The Balaban J connectivity index is 1.82. The number of fused-ring (bicyclic) bond motifs is 1. The summed E-state index contributed by atoms with van der Waals surface area (Å²) in [5, 5.41) is 6.30. The van der Waals surface area contributed by atoms with Crippen molar-refractivity contribution < 1.29 is 14.3 Å². The largest absolute Gasteiger partial charge is 0.383 e. The van der Waals surface area contributed by atoms with Crippen LogP contribution in [0.3, 0.4) is 0 Å². The van der Waals surface area contributed by atoms with Crippen LogP contribution in [-0.4, -0.2) is 37.1 Å². The zero-order chi connectivity index (χ0) is 21.0. The number of hydrogen-bond donors (Lipinski definition) is 2. The lowest BCUT2D eigenvalue weighted by Gasteiger charge is -2.15. The van der Waals surface area contributed by atoms with Crippen molar-refractivity contribution in [3.63, 3.8) is 0 Å². The van der Waals surface area contributed by atoms with Gasteiger partial charge in [-0.15, -0.1) is 0 Å². The van der Waals surface area contributed by atoms with Crippen molar-refractivity contribution in [1.29, 1.82) is 0 Å². The summed E-state index contributed by atoms with van der Waals surface area (Å²) in [7, 11) is 1.60. The maximum Gasteiger partial charge on any atom is 0.251 e. The van der Waals surface area contributed by atoms with Crippen molar-refractivity contribution in [3.05, 3.63) is 48.0 Å². The first kappa shape index (κ1) is 21.0. The van der Waals surface area contributed by atoms with E-state index in [1.165, 1.54) is 11.3 Å². The molecule has 1 aromatic heterocycles. The van der Waals surface area contributed by atoms with Crippen molar-refractivity contribution in [2.24, 2.45) is 5.41 Å². The van der Waals surface area contributed by atoms with E-state index in [0.717, 1.165) is 21.3 Å². The third kappa shape index (κ3) is 5.19. The molecule has 2 N–H and O–H groups in total. The zero-order valence-electron chi connectivity index (χ0n) is 17.0. The fraction of sp³-hybridized carbons (Fsp3) is 0.318. The van der Waals surface area contributed by atoms with Gasteiger partial charge in [0.2, 0.25) is 5.91 Å². The van der Waals surface area contributed by atoms with Gasteiger partial charge in [0.15, 0.2) is 5.13 Å². The molecule has 0 spiro atoms. The molecule has 0 aliphatic rings. The molecule has 0 atom stereocenters. The molecule has 3 rings (SSSR count). The maximum atomic E-state index is 12.3. The van der Waals surface area contributed by atoms with Crippen molar-refractivity contribution in [2.75, 3.05) is 25.6 Å². The van der Waals surface area contributed by atoms with Crippen LogP contribution >= 0.6 is 11.3 Å². The van der Waals surface area contributed by atoms with E-state index in [1.54, 1.807) is 13.2 Å². The van der Waals surface area contributed by atoms with E-state index in [-0.39, 0.29) is 11.8 Å². The number of carbonyl (C=O) groups is 2. The van der Waals surface area contributed by atoms with Gasteiger partial charge < -0.3 is 15.4 Å². The maximum absolute atomic E-state index is 12.3. The molecular formula is C22H25N3O3S. The van der Waals surface area contributed by atoms with Gasteiger partial charge in [0.25, 0.3) is 5.91 Å². The highest BCUT2D eigenvalue weighted by Gasteiger charge is 2.22. The predicted molar refractivity (Wildman–Crippen MR) is 117 cm³/mol. The van der Waals surface area contributed by atoms with Gasteiger partial charge >= 0.3 is 0 Å². The van der Waals surface area contributed by atoms with Crippen LogP contribution in [0.4, 0.5) is 5.13 Å². The minimum atomic E-state index is -0.479. The number of nitrogens with one attached hydrogen (secondary N) is 2. The molecular weight excluding hydrogens is 386 g/mol. The molecule has 0 saturated heterocycles. The third-order valence-corrected chi connectivity index (χ3v) is 5.29. The van der Waals surface area contributed by atoms with Crippen LogP contribution in [0.2, 0.25) is 0 Å². The van der Waals surface area contributed by atoms with Crippen LogP contribution in [-0.2, 0) is 9.53 Å². The summed E-state index contributed by atoms with van der Waals surface area (Å²) in [5.41, 5.74) is 2.82. The van der Waals surface area contributed by atoms with Crippen LogP contribution < -0.4 is 10.6 Å². The molecule has 1 heterocycles. The molecule has 29 heavy (non-hydrogen) atoms. The van der Waals surface area contributed by atoms with E-state index in [4.69, 9.17) is 4.74 Å². The number of thiazole rings is 1. The first-order valence-corrected chi connectivity index (χ1v) is 10.2. The number of carbonyl (C=O) groups excluding carboxylic acids is 2. The van der Waals surface area contributed by atoms with E-state index in [2.05, 4.69) is 15.6 Å². The Kier molecular flexibility index (Phi) is 6.30. The number of anilines is 1. The third-order valence-electron chi connectivity index (χ3n) is 4.34. The van der Waals surface area contributed by atoms with Gasteiger partial charge in [0, 0.05) is 24.6 Å². The molecule has 2 aromatic carbocycles. The molecule has 0 aliphatic heterocycles. The summed E-state index contributed by atoms with van der Waals surface area (Å²) >= 11 is 1.45. The lowest BCUT2D eigenvalue weighted by molar-refractivity contribution is -0.123. The first-order valence-electron chi connectivity index (χ1n) is 9.37. The van der Waals surface area contributed by atoms with E-state index in [1.807, 2.05) is 57.2 Å². The fourth-order valence-electron chi connectivity index (χ4n) is 2.65. The average molecular weight is 412 g/mol. The standard InChI is InChI=1S/C22H25N3O3S/c1-22(2,3)20(27)25-21-24-17-13-15(8-9-18(17)29-21)14-6-5-7-16(12-14)19(26)23-10-11-28-4/h5-9,12-13H,10-11H2,1-4H3,(H,23,26)(H,24,25,27). The van der Waals surface area contributed by atoms with Crippen molar-refractivity contribution in [3.8, 4) is 11.1 Å². The highest BCUT2D eigenvalue weighted by Crippen LogP contribution is 2.31. The Bertz CT molecular complexity index is 1040. The summed E-state index contributed by atoms with van der Waals surface area (Å²) in [5.74, 6) is -0.199. The van der Waals surface area contributed by atoms with Gasteiger partial charge in [0.1, 0.15) is 0 Å². The molecule has 2 amide bonds. The van der Waals surface area contributed by atoms with Crippen LogP contribution in [0.15, 0.2) is 42.5 Å². The fourth-order valence-corrected chi connectivity index (χ4v) is 3.50.